The van der Waals surface area contributed by atoms with Crippen molar-refractivity contribution in [2.24, 2.45) is 5.92 Å². The third-order valence-electron chi connectivity index (χ3n) is 1.58. The molecule has 1 saturated carbocycles. The van der Waals surface area contributed by atoms with Crippen LogP contribution in [0.3, 0.4) is 0 Å². The minimum absolute atomic E-state index is 0.183. The van der Waals surface area contributed by atoms with Crippen molar-refractivity contribution in [2.45, 2.75) is 19.0 Å². The summed E-state index contributed by atoms with van der Waals surface area (Å²) >= 11 is 0. The summed E-state index contributed by atoms with van der Waals surface area (Å²) in [5.41, 5.74) is -1.88. The lowest BCUT2D eigenvalue weighted by molar-refractivity contribution is -0.145. The van der Waals surface area contributed by atoms with Gasteiger partial charge in [0, 0.05) is 5.92 Å². The van der Waals surface area contributed by atoms with Gasteiger partial charge in [-0.2, -0.15) is 0 Å². The molecule has 0 unspecified atom stereocenters. The zero-order chi connectivity index (χ0) is 6.36. The van der Waals surface area contributed by atoms with Gasteiger partial charge in [0.15, 0.2) is 0 Å². The van der Waals surface area contributed by atoms with E-state index in [0.29, 0.717) is 0 Å². The molecule has 0 aromatic heterocycles. The van der Waals surface area contributed by atoms with Gasteiger partial charge in [-0.05, 0) is 6.42 Å². The average Bonchev–Trinajstić information content (AvgIpc) is 2.17. The summed E-state index contributed by atoms with van der Waals surface area (Å²) in [5.74, 6) is -1.59. The lowest BCUT2D eigenvalue weighted by Crippen LogP contribution is -2.17. The fourth-order valence-electron chi connectivity index (χ4n) is 0.685. The Morgan fingerprint density at radius 1 is 2.00 bits per heavy atom. The molecule has 1 fully saturated rings. The average molecular weight is 118 g/mol. The molecule has 0 aromatic rings. The molecule has 46 valence electrons. The molecule has 0 aliphatic heterocycles. The molecule has 0 amide bonds. The molecule has 0 saturated heterocycles. The molecule has 1 rings (SSSR count). The van der Waals surface area contributed by atoms with Gasteiger partial charge < -0.3 is 5.11 Å². The van der Waals surface area contributed by atoms with E-state index in [0.717, 1.165) is 0 Å². The van der Waals surface area contributed by atoms with Crippen molar-refractivity contribution < 1.29 is 14.3 Å². The maximum atomic E-state index is 12.4. The largest absolute Gasteiger partial charge is 0.479 e. The highest BCUT2D eigenvalue weighted by molar-refractivity contribution is 5.81. The van der Waals surface area contributed by atoms with Crippen LogP contribution in [-0.2, 0) is 4.79 Å². The first-order chi connectivity index (χ1) is 3.57. The van der Waals surface area contributed by atoms with Crippen molar-refractivity contribution in [1.29, 1.82) is 0 Å². The zero-order valence-corrected chi connectivity index (χ0v) is 4.52. The monoisotopic (exact) mass is 118 g/mol. The van der Waals surface area contributed by atoms with E-state index < -0.39 is 11.6 Å². The summed E-state index contributed by atoms with van der Waals surface area (Å²) in [6.07, 6.45) is 0.183. The Labute approximate surface area is 46.3 Å². The van der Waals surface area contributed by atoms with Crippen molar-refractivity contribution >= 4 is 5.97 Å². The summed E-state index contributed by atoms with van der Waals surface area (Å²) in [6.45, 7) is 1.59. The molecule has 0 bridgehead atoms. The fraction of sp³-hybridized carbons (Fsp3) is 0.800. The van der Waals surface area contributed by atoms with E-state index >= 15 is 0 Å². The summed E-state index contributed by atoms with van der Waals surface area (Å²) in [7, 11) is 0. The Morgan fingerprint density at radius 2 is 2.38 bits per heavy atom. The zero-order valence-electron chi connectivity index (χ0n) is 4.52. The molecule has 1 aliphatic carbocycles. The van der Waals surface area contributed by atoms with Crippen molar-refractivity contribution in [3.05, 3.63) is 0 Å². The van der Waals surface area contributed by atoms with Crippen LogP contribution in [0.5, 0.6) is 0 Å². The van der Waals surface area contributed by atoms with Crippen LogP contribution in [0.15, 0.2) is 0 Å². The molecular formula is C5H7FO2. The minimum Gasteiger partial charge on any atom is -0.479 e. The van der Waals surface area contributed by atoms with Crippen LogP contribution in [0, 0.1) is 5.92 Å². The molecule has 2 nitrogen and oxygen atoms in total. The fourth-order valence-corrected chi connectivity index (χ4v) is 0.685. The van der Waals surface area contributed by atoms with E-state index in [1.54, 1.807) is 6.92 Å². The third kappa shape index (κ3) is 0.504. The van der Waals surface area contributed by atoms with E-state index in [4.69, 9.17) is 5.11 Å². The number of rotatable bonds is 1. The Morgan fingerprint density at radius 3 is 2.38 bits per heavy atom. The van der Waals surface area contributed by atoms with E-state index in [-0.39, 0.29) is 12.3 Å². The van der Waals surface area contributed by atoms with Crippen LogP contribution in [0.2, 0.25) is 0 Å². The van der Waals surface area contributed by atoms with Crippen molar-refractivity contribution in [1.82, 2.24) is 0 Å². The second-order valence-corrected chi connectivity index (χ2v) is 2.27. The van der Waals surface area contributed by atoms with E-state index in [9.17, 15) is 9.18 Å². The van der Waals surface area contributed by atoms with E-state index in [1.165, 1.54) is 0 Å². The van der Waals surface area contributed by atoms with Crippen molar-refractivity contribution in [3.8, 4) is 0 Å². The number of halogens is 1. The summed E-state index contributed by atoms with van der Waals surface area (Å²) < 4.78 is 12.4. The van der Waals surface area contributed by atoms with E-state index in [2.05, 4.69) is 0 Å². The van der Waals surface area contributed by atoms with Gasteiger partial charge in [-0.1, -0.05) is 6.92 Å². The predicted molar refractivity (Wildman–Crippen MR) is 25.3 cm³/mol. The maximum Gasteiger partial charge on any atom is 0.341 e. The van der Waals surface area contributed by atoms with Gasteiger partial charge in [-0.3, -0.25) is 0 Å². The number of hydrogen-bond donors (Lipinski definition) is 1. The number of hydrogen-bond acceptors (Lipinski definition) is 1. The number of carboxylic acid groups (broad SMARTS) is 1. The van der Waals surface area contributed by atoms with Gasteiger partial charge >= 0.3 is 5.97 Å². The highest BCUT2D eigenvalue weighted by Gasteiger charge is 2.59. The van der Waals surface area contributed by atoms with Gasteiger partial charge in [0.25, 0.3) is 0 Å². The number of carboxylic acids is 1. The third-order valence-corrected chi connectivity index (χ3v) is 1.58. The Kier molecular flexibility index (Phi) is 0.840. The van der Waals surface area contributed by atoms with Gasteiger partial charge in [0.05, 0.1) is 0 Å². The molecule has 2 atom stereocenters. The Bertz CT molecular complexity index is 134. The molecule has 0 aromatic carbocycles. The van der Waals surface area contributed by atoms with Crippen molar-refractivity contribution in [3.63, 3.8) is 0 Å². The van der Waals surface area contributed by atoms with Crippen LogP contribution in [-0.4, -0.2) is 16.7 Å². The predicted octanol–water partition coefficient (Wildman–Crippen LogP) is 0.819. The second kappa shape index (κ2) is 1.21. The van der Waals surface area contributed by atoms with Crippen LogP contribution < -0.4 is 0 Å². The quantitative estimate of drug-likeness (QED) is 0.553. The molecule has 0 spiro atoms. The highest BCUT2D eigenvalue weighted by atomic mass is 19.1. The minimum atomic E-state index is -1.88. The Hall–Kier alpha value is -0.600. The van der Waals surface area contributed by atoms with Gasteiger partial charge in [-0.15, -0.1) is 0 Å². The lowest BCUT2D eigenvalue weighted by atomic mass is 10.3. The summed E-state index contributed by atoms with van der Waals surface area (Å²) in [5, 5.41) is 8.11. The molecular weight excluding hydrogens is 111 g/mol. The van der Waals surface area contributed by atoms with Crippen LogP contribution in [0.1, 0.15) is 13.3 Å². The van der Waals surface area contributed by atoms with Crippen LogP contribution in [0.4, 0.5) is 4.39 Å². The van der Waals surface area contributed by atoms with Gasteiger partial charge in [0.2, 0.25) is 5.67 Å². The molecule has 0 heterocycles. The molecule has 1 N–H and O–H groups in total. The lowest BCUT2D eigenvalue weighted by Gasteiger charge is -1.93. The highest BCUT2D eigenvalue weighted by Crippen LogP contribution is 2.46. The molecule has 0 radical (unpaired) electrons. The summed E-state index contributed by atoms with van der Waals surface area (Å²) in [6, 6.07) is 0. The first-order valence-electron chi connectivity index (χ1n) is 2.49. The molecule has 3 heteroatoms. The smallest absolute Gasteiger partial charge is 0.341 e. The first kappa shape index (κ1) is 5.54. The van der Waals surface area contributed by atoms with Crippen LogP contribution in [0.25, 0.3) is 0 Å². The standard InChI is InChI=1S/C5H7FO2/c1-3-2-5(3,6)4(7)8/h3H,2H2,1H3,(H,7,8)/t3-,5+/m1/s1. The summed E-state index contributed by atoms with van der Waals surface area (Å²) in [4.78, 5) is 9.92. The number of alkyl halides is 1. The van der Waals surface area contributed by atoms with Crippen molar-refractivity contribution in [2.75, 3.05) is 0 Å². The molecule has 8 heavy (non-hydrogen) atoms. The number of aliphatic carboxylic acids is 1. The number of carbonyl (C=O) groups is 1. The van der Waals surface area contributed by atoms with Crippen LogP contribution >= 0.6 is 0 Å². The SMILES string of the molecule is C[C@@H]1C[C@@]1(F)C(=O)O. The second-order valence-electron chi connectivity index (χ2n) is 2.27. The Balaban J connectivity index is 2.60. The normalized spacial score (nSPS) is 44.0. The molecule has 1 aliphatic rings. The first-order valence-corrected chi connectivity index (χ1v) is 2.49. The topological polar surface area (TPSA) is 37.3 Å². The maximum absolute atomic E-state index is 12.4. The van der Waals surface area contributed by atoms with Gasteiger partial charge in [0.1, 0.15) is 0 Å². The van der Waals surface area contributed by atoms with Gasteiger partial charge in [-0.25, -0.2) is 9.18 Å². The van der Waals surface area contributed by atoms with E-state index in [1.807, 2.05) is 0 Å².